The molecular formula is C22H21N5O3. The smallest absolute Gasteiger partial charge is 0.292 e. The van der Waals surface area contributed by atoms with Crippen LogP contribution in [0.4, 0.5) is 0 Å². The van der Waals surface area contributed by atoms with E-state index in [0.717, 1.165) is 28.0 Å². The van der Waals surface area contributed by atoms with Gasteiger partial charge in [-0.1, -0.05) is 24.3 Å². The minimum Gasteiger partial charge on any atom is -0.432 e. The Morgan fingerprint density at radius 3 is 2.90 bits per heavy atom. The summed E-state index contributed by atoms with van der Waals surface area (Å²) in [6.45, 7) is 3.74. The average Bonchev–Trinajstić information content (AvgIpc) is 3.38. The number of aromatic nitrogens is 4. The van der Waals surface area contributed by atoms with E-state index in [1.54, 1.807) is 25.1 Å². The number of aryl methyl sites for hydroxylation is 1. The summed E-state index contributed by atoms with van der Waals surface area (Å²) in [5.74, 6) is -0.0233. The number of amides is 1. The summed E-state index contributed by atoms with van der Waals surface area (Å²) in [7, 11) is 0. The van der Waals surface area contributed by atoms with Crippen LogP contribution in [0.1, 0.15) is 58.3 Å². The van der Waals surface area contributed by atoms with E-state index in [1.807, 2.05) is 36.4 Å². The van der Waals surface area contributed by atoms with Gasteiger partial charge in [0.1, 0.15) is 12.1 Å². The largest absolute Gasteiger partial charge is 0.432 e. The number of imidazole rings is 1. The second-order valence-electron chi connectivity index (χ2n) is 7.49. The maximum absolute atomic E-state index is 13.5. The number of hydrogen-bond acceptors (Lipinski definition) is 6. The van der Waals surface area contributed by atoms with E-state index >= 15 is 0 Å². The SMILES string of the molecule is Cc1nc([C@H](C)O)oc1C(=O)N1CCc2[nH]cnc2[C@@H]1c1ccc2ccccc2n1. The van der Waals surface area contributed by atoms with Crippen molar-refractivity contribution in [3.8, 4) is 0 Å². The molecule has 0 bridgehead atoms. The number of para-hydroxylation sites is 1. The van der Waals surface area contributed by atoms with E-state index in [4.69, 9.17) is 9.40 Å². The lowest BCUT2D eigenvalue weighted by atomic mass is 9.98. The van der Waals surface area contributed by atoms with E-state index in [1.165, 1.54) is 0 Å². The molecule has 3 aromatic heterocycles. The molecular weight excluding hydrogens is 382 g/mol. The van der Waals surface area contributed by atoms with Crippen molar-refractivity contribution in [1.82, 2.24) is 24.8 Å². The maximum Gasteiger partial charge on any atom is 0.292 e. The highest BCUT2D eigenvalue weighted by Crippen LogP contribution is 2.35. The number of carbonyl (C=O) groups is 1. The summed E-state index contributed by atoms with van der Waals surface area (Å²) in [5, 5.41) is 10.8. The van der Waals surface area contributed by atoms with Crippen molar-refractivity contribution in [3.63, 3.8) is 0 Å². The maximum atomic E-state index is 13.5. The van der Waals surface area contributed by atoms with Gasteiger partial charge in [-0.3, -0.25) is 9.78 Å². The van der Waals surface area contributed by atoms with Gasteiger partial charge in [-0.25, -0.2) is 9.97 Å². The molecule has 0 fully saturated rings. The van der Waals surface area contributed by atoms with Gasteiger partial charge in [0.25, 0.3) is 5.91 Å². The number of aliphatic hydroxyl groups is 1. The summed E-state index contributed by atoms with van der Waals surface area (Å²) in [5.41, 5.74) is 3.83. The highest BCUT2D eigenvalue weighted by Gasteiger charge is 2.37. The number of nitrogens with zero attached hydrogens (tertiary/aromatic N) is 4. The van der Waals surface area contributed by atoms with Crippen molar-refractivity contribution in [2.24, 2.45) is 0 Å². The van der Waals surface area contributed by atoms with Crippen LogP contribution in [0.5, 0.6) is 0 Å². The van der Waals surface area contributed by atoms with Gasteiger partial charge in [-0.05, 0) is 26.0 Å². The number of oxazole rings is 1. The van der Waals surface area contributed by atoms with E-state index in [2.05, 4.69) is 15.0 Å². The summed E-state index contributed by atoms with van der Waals surface area (Å²) in [4.78, 5) is 31.9. The molecule has 1 aliphatic rings. The number of hydrogen-bond donors (Lipinski definition) is 2. The first-order valence-corrected chi connectivity index (χ1v) is 9.87. The highest BCUT2D eigenvalue weighted by molar-refractivity contribution is 5.93. The van der Waals surface area contributed by atoms with Crippen LogP contribution in [0, 0.1) is 6.92 Å². The second-order valence-corrected chi connectivity index (χ2v) is 7.49. The van der Waals surface area contributed by atoms with Crippen LogP contribution in [-0.4, -0.2) is 42.4 Å². The lowest BCUT2D eigenvalue weighted by Gasteiger charge is -2.34. The monoisotopic (exact) mass is 403 g/mol. The van der Waals surface area contributed by atoms with Crippen molar-refractivity contribution in [2.45, 2.75) is 32.4 Å². The number of rotatable bonds is 3. The molecule has 0 spiro atoms. The van der Waals surface area contributed by atoms with E-state index < -0.39 is 12.1 Å². The Bertz CT molecular complexity index is 1240. The minimum atomic E-state index is -0.887. The van der Waals surface area contributed by atoms with Crippen molar-refractivity contribution < 1.29 is 14.3 Å². The van der Waals surface area contributed by atoms with Crippen molar-refractivity contribution in [3.05, 3.63) is 77.2 Å². The van der Waals surface area contributed by atoms with E-state index in [9.17, 15) is 9.90 Å². The first-order valence-electron chi connectivity index (χ1n) is 9.87. The number of aliphatic hydroxyl groups excluding tert-OH is 1. The third-order valence-electron chi connectivity index (χ3n) is 5.45. The predicted molar refractivity (Wildman–Crippen MR) is 109 cm³/mol. The molecule has 4 aromatic rings. The molecule has 0 saturated carbocycles. The number of benzene rings is 1. The van der Waals surface area contributed by atoms with Gasteiger partial charge in [-0.15, -0.1) is 0 Å². The lowest BCUT2D eigenvalue weighted by molar-refractivity contribution is 0.0644. The van der Waals surface area contributed by atoms with Gasteiger partial charge in [0.05, 0.1) is 28.9 Å². The first kappa shape index (κ1) is 18.5. The van der Waals surface area contributed by atoms with Crippen LogP contribution in [-0.2, 0) is 6.42 Å². The fourth-order valence-electron chi connectivity index (χ4n) is 3.95. The molecule has 152 valence electrons. The molecule has 0 aliphatic carbocycles. The first-order chi connectivity index (χ1) is 14.5. The summed E-state index contributed by atoms with van der Waals surface area (Å²) >= 11 is 0. The molecule has 30 heavy (non-hydrogen) atoms. The van der Waals surface area contributed by atoms with Crippen LogP contribution in [0.3, 0.4) is 0 Å². The number of aromatic amines is 1. The van der Waals surface area contributed by atoms with Crippen molar-refractivity contribution >= 4 is 16.8 Å². The molecule has 1 aliphatic heterocycles. The third-order valence-corrected chi connectivity index (χ3v) is 5.45. The normalized spacial score (nSPS) is 17.2. The standard InChI is InChI=1S/C22H21N5O3/c1-12-20(30-21(25-12)13(2)28)22(29)27-10-9-16-18(24-11-23-16)19(27)17-8-7-14-5-3-4-6-15(14)26-17/h3-8,11,13,19,28H,9-10H2,1-2H3,(H,23,24)/t13-,19-/m0/s1. The van der Waals surface area contributed by atoms with Gasteiger partial charge in [0, 0.05) is 24.0 Å². The van der Waals surface area contributed by atoms with E-state index in [-0.39, 0.29) is 17.6 Å². The van der Waals surface area contributed by atoms with Crippen LogP contribution >= 0.6 is 0 Å². The zero-order valence-corrected chi connectivity index (χ0v) is 16.7. The Labute approximate surface area is 172 Å². The predicted octanol–water partition coefficient (Wildman–Crippen LogP) is 3.10. The van der Waals surface area contributed by atoms with Crippen LogP contribution < -0.4 is 0 Å². The number of pyridine rings is 1. The minimum absolute atomic E-state index is 0.133. The van der Waals surface area contributed by atoms with Crippen molar-refractivity contribution in [1.29, 1.82) is 0 Å². The molecule has 1 aromatic carbocycles. The van der Waals surface area contributed by atoms with Crippen molar-refractivity contribution in [2.75, 3.05) is 6.54 Å². The molecule has 2 N–H and O–H groups in total. The fourth-order valence-corrected chi connectivity index (χ4v) is 3.95. The molecule has 0 saturated heterocycles. The lowest BCUT2D eigenvalue weighted by Crippen LogP contribution is -2.41. The van der Waals surface area contributed by atoms with Crippen LogP contribution in [0.15, 0.2) is 47.1 Å². The quantitative estimate of drug-likeness (QED) is 0.544. The number of nitrogens with one attached hydrogen (secondary N) is 1. The fraction of sp³-hybridized carbons (Fsp3) is 0.273. The summed E-state index contributed by atoms with van der Waals surface area (Å²) in [6.07, 6.45) is 1.42. The Morgan fingerprint density at radius 2 is 2.10 bits per heavy atom. The van der Waals surface area contributed by atoms with Gasteiger partial charge >= 0.3 is 0 Å². The van der Waals surface area contributed by atoms with Gasteiger partial charge in [-0.2, -0.15) is 0 Å². The topological polar surface area (TPSA) is 108 Å². The Kier molecular flexibility index (Phi) is 4.36. The van der Waals surface area contributed by atoms with E-state index in [0.29, 0.717) is 18.7 Å². The average molecular weight is 403 g/mol. The molecule has 8 nitrogen and oxygen atoms in total. The van der Waals surface area contributed by atoms with Gasteiger partial charge < -0.3 is 19.4 Å². The summed E-state index contributed by atoms with van der Waals surface area (Å²) in [6, 6.07) is 11.4. The third kappa shape index (κ3) is 2.96. The molecule has 8 heteroatoms. The number of H-pyrrole nitrogens is 1. The second kappa shape index (κ2) is 7.07. The molecule has 0 radical (unpaired) electrons. The zero-order valence-electron chi connectivity index (χ0n) is 16.7. The molecule has 5 rings (SSSR count). The zero-order chi connectivity index (χ0) is 20.8. The van der Waals surface area contributed by atoms with Gasteiger partial charge in [0.15, 0.2) is 0 Å². The Balaban J connectivity index is 1.60. The van der Waals surface area contributed by atoms with Crippen LogP contribution in [0.25, 0.3) is 10.9 Å². The highest BCUT2D eigenvalue weighted by atomic mass is 16.4. The number of fused-ring (bicyclic) bond motifs is 2. The van der Waals surface area contributed by atoms with Gasteiger partial charge in [0.2, 0.25) is 11.7 Å². The number of carbonyl (C=O) groups excluding carboxylic acids is 1. The molecule has 2 atom stereocenters. The molecule has 4 heterocycles. The molecule has 0 unspecified atom stereocenters. The molecule has 1 amide bonds. The summed E-state index contributed by atoms with van der Waals surface area (Å²) < 4.78 is 5.61. The Hall–Kier alpha value is -3.52. The Morgan fingerprint density at radius 1 is 1.27 bits per heavy atom. The van der Waals surface area contributed by atoms with Crippen LogP contribution in [0.2, 0.25) is 0 Å².